The van der Waals surface area contributed by atoms with Gasteiger partial charge in [0.1, 0.15) is 0 Å². The number of hydrogen-bond donors (Lipinski definition) is 1. The van der Waals surface area contributed by atoms with E-state index in [1.165, 1.54) is 51.4 Å². The van der Waals surface area contributed by atoms with E-state index in [1.807, 2.05) is 0 Å². The first-order valence-corrected chi connectivity index (χ1v) is 8.90. The molecule has 4 rings (SSSR count). The van der Waals surface area contributed by atoms with E-state index in [1.54, 1.807) is 0 Å². The zero-order valence-electron chi connectivity index (χ0n) is 13.3. The second-order valence-corrected chi connectivity index (χ2v) is 8.03. The minimum atomic E-state index is 0.293. The van der Waals surface area contributed by atoms with Crippen LogP contribution < -0.4 is 5.32 Å². The average molecular weight is 277 g/mol. The van der Waals surface area contributed by atoms with Crippen molar-refractivity contribution in [3.63, 3.8) is 0 Å². The molecule has 4 aliphatic rings. The van der Waals surface area contributed by atoms with Gasteiger partial charge in [0.15, 0.2) is 0 Å². The Morgan fingerprint density at radius 3 is 2.15 bits per heavy atom. The predicted molar refractivity (Wildman–Crippen MR) is 82.4 cm³/mol. The molecule has 2 heteroatoms. The van der Waals surface area contributed by atoms with Crippen LogP contribution in [0.4, 0.5) is 0 Å². The average Bonchev–Trinajstić information content (AvgIpc) is 2.37. The largest absolute Gasteiger partial charge is 0.353 e. The van der Waals surface area contributed by atoms with E-state index in [2.05, 4.69) is 19.2 Å². The fourth-order valence-corrected chi connectivity index (χ4v) is 5.71. The second-order valence-electron chi connectivity index (χ2n) is 8.03. The number of carbonyl (C=O) groups is 1. The van der Waals surface area contributed by atoms with Crippen LogP contribution in [0, 0.1) is 23.2 Å². The zero-order chi connectivity index (χ0) is 14.2. The summed E-state index contributed by atoms with van der Waals surface area (Å²) < 4.78 is 0. The summed E-state index contributed by atoms with van der Waals surface area (Å²) >= 11 is 0. The van der Waals surface area contributed by atoms with Crippen LogP contribution in [0.15, 0.2) is 0 Å². The Balaban J connectivity index is 1.56. The molecule has 4 fully saturated rings. The quantitative estimate of drug-likeness (QED) is 0.721. The molecule has 0 aromatic carbocycles. The first-order chi connectivity index (χ1) is 9.61. The maximum atomic E-state index is 12.1. The first kappa shape index (κ1) is 14.4. The molecule has 4 saturated carbocycles. The van der Waals surface area contributed by atoms with Crippen LogP contribution in [0.5, 0.6) is 0 Å². The molecule has 1 unspecified atom stereocenters. The molecule has 0 aromatic heterocycles. The van der Waals surface area contributed by atoms with Crippen LogP contribution in [0.1, 0.15) is 78.1 Å². The molecule has 20 heavy (non-hydrogen) atoms. The molecule has 1 atom stereocenters. The van der Waals surface area contributed by atoms with Crippen LogP contribution in [0.2, 0.25) is 0 Å². The number of unbranched alkanes of at least 4 members (excludes halogenated alkanes) is 2. The molecule has 0 aliphatic heterocycles. The van der Waals surface area contributed by atoms with Gasteiger partial charge in [-0.15, -0.1) is 0 Å². The molecule has 0 radical (unpaired) electrons. The Kier molecular flexibility index (Phi) is 4.10. The van der Waals surface area contributed by atoms with Crippen molar-refractivity contribution in [2.24, 2.45) is 23.2 Å². The Hall–Kier alpha value is -0.530. The zero-order valence-corrected chi connectivity index (χ0v) is 13.3. The summed E-state index contributed by atoms with van der Waals surface area (Å²) in [4.78, 5) is 12.1. The van der Waals surface area contributed by atoms with E-state index in [4.69, 9.17) is 0 Å². The topological polar surface area (TPSA) is 29.1 Å². The van der Waals surface area contributed by atoms with Crippen molar-refractivity contribution in [2.45, 2.75) is 84.1 Å². The molecule has 114 valence electrons. The molecule has 4 aliphatic carbocycles. The standard InChI is InChI=1S/C18H31NO/c1-3-4-5-6-17(20)19-13(2)18-10-14-7-15(11-18)9-16(8-14)12-18/h13-16H,3-12H2,1-2H3,(H,19,20). The highest BCUT2D eigenvalue weighted by Gasteiger charge is 2.53. The molecular formula is C18H31NO. The maximum absolute atomic E-state index is 12.1. The van der Waals surface area contributed by atoms with Crippen molar-refractivity contribution in [3.05, 3.63) is 0 Å². The summed E-state index contributed by atoms with van der Waals surface area (Å²) in [6, 6.07) is 0.394. The molecule has 1 amide bonds. The van der Waals surface area contributed by atoms with Crippen molar-refractivity contribution >= 4 is 5.91 Å². The number of nitrogens with one attached hydrogen (secondary N) is 1. The lowest BCUT2D eigenvalue weighted by Gasteiger charge is -2.59. The summed E-state index contributed by atoms with van der Waals surface area (Å²) in [6.45, 7) is 4.47. The molecule has 4 bridgehead atoms. The van der Waals surface area contributed by atoms with Gasteiger partial charge in [-0.05, 0) is 75.0 Å². The second kappa shape index (κ2) is 5.69. The van der Waals surface area contributed by atoms with Crippen molar-refractivity contribution in [1.82, 2.24) is 5.32 Å². The van der Waals surface area contributed by atoms with Crippen molar-refractivity contribution < 1.29 is 4.79 Å². The van der Waals surface area contributed by atoms with Crippen LogP contribution in [0.3, 0.4) is 0 Å². The molecule has 2 nitrogen and oxygen atoms in total. The Bertz CT molecular complexity index is 327. The van der Waals surface area contributed by atoms with Crippen molar-refractivity contribution in [3.8, 4) is 0 Å². The third-order valence-electron chi connectivity index (χ3n) is 6.39. The van der Waals surface area contributed by atoms with E-state index in [0.29, 0.717) is 17.4 Å². The lowest BCUT2D eigenvalue weighted by molar-refractivity contribution is -0.126. The van der Waals surface area contributed by atoms with Gasteiger partial charge in [0, 0.05) is 12.5 Å². The summed E-state index contributed by atoms with van der Waals surface area (Å²) in [6.07, 6.45) is 12.8. The number of hydrogen-bond acceptors (Lipinski definition) is 1. The highest BCUT2D eigenvalue weighted by Crippen LogP contribution is 2.61. The van der Waals surface area contributed by atoms with Gasteiger partial charge in [0.25, 0.3) is 0 Å². The molecule has 0 aromatic rings. The van der Waals surface area contributed by atoms with E-state index >= 15 is 0 Å². The van der Waals surface area contributed by atoms with Gasteiger partial charge >= 0.3 is 0 Å². The molecular weight excluding hydrogens is 246 g/mol. The van der Waals surface area contributed by atoms with Gasteiger partial charge in [0.2, 0.25) is 5.91 Å². The van der Waals surface area contributed by atoms with Crippen molar-refractivity contribution in [2.75, 3.05) is 0 Å². The Labute approximate surface area is 124 Å². The molecule has 0 saturated heterocycles. The number of amides is 1. The first-order valence-electron chi connectivity index (χ1n) is 8.90. The van der Waals surface area contributed by atoms with Gasteiger partial charge < -0.3 is 5.32 Å². The number of rotatable bonds is 6. The highest BCUT2D eigenvalue weighted by molar-refractivity contribution is 5.76. The van der Waals surface area contributed by atoms with E-state index < -0.39 is 0 Å². The summed E-state index contributed by atoms with van der Waals surface area (Å²) in [5, 5.41) is 3.36. The maximum Gasteiger partial charge on any atom is 0.220 e. The van der Waals surface area contributed by atoms with Crippen LogP contribution in [0.25, 0.3) is 0 Å². The minimum Gasteiger partial charge on any atom is -0.353 e. The van der Waals surface area contributed by atoms with E-state index in [9.17, 15) is 4.79 Å². The van der Waals surface area contributed by atoms with Gasteiger partial charge in [-0.1, -0.05) is 19.8 Å². The fraction of sp³-hybridized carbons (Fsp3) is 0.944. The monoisotopic (exact) mass is 277 g/mol. The van der Waals surface area contributed by atoms with Crippen LogP contribution >= 0.6 is 0 Å². The lowest BCUT2D eigenvalue weighted by atomic mass is 9.48. The minimum absolute atomic E-state index is 0.293. The van der Waals surface area contributed by atoms with Gasteiger partial charge in [-0.2, -0.15) is 0 Å². The SMILES string of the molecule is CCCCCC(=O)NC(C)C12CC3CC(CC(C3)C1)C2. The highest BCUT2D eigenvalue weighted by atomic mass is 16.1. The summed E-state index contributed by atoms with van der Waals surface area (Å²) in [5.41, 5.74) is 0.454. The molecule has 0 spiro atoms. The number of carbonyl (C=O) groups excluding carboxylic acids is 1. The van der Waals surface area contributed by atoms with Gasteiger partial charge in [0.05, 0.1) is 0 Å². The van der Waals surface area contributed by atoms with Gasteiger partial charge in [-0.3, -0.25) is 4.79 Å². The molecule has 1 N–H and O–H groups in total. The summed E-state index contributed by atoms with van der Waals surface area (Å²) in [5.74, 6) is 3.21. The Morgan fingerprint density at radius 2 is 1.65 bits per heavy atom. The lowest BCUT2D eigenvalue weighted by Crippen LogP contribution is -2.55. The van der Waals surface area contributed by atoms with Gasteiger partial charge in [-0.25, -0.2) is 0 Å². The predicted octanol–water partition coefficient (Wildman–Crippen LogP) is 4.29. The van der Waals surface area contributed by atoms with Crippen LogP contribution in [-0.2, 0) is 4.79 Å². The van der Waals surface area contributed by atoms with E-state index in [-0.39, 0.29) is 0 Å². The van der Waals surface area contributed by atoms with Crippen molar-refractivity contribution in [1.29, 1.82) is 0 Å². The molecule has 0 heterocycles. The third kappa shape index (κ3) is 2.76. The smallest absolute Gasteiger partial charge is 0.220 e. The van der Waals surface area contributed by atoms with Crippen LogP contribution in [-0.4, -0.2) is 11.9 Å². The summed E-state index contributed by atoms with van der Waals surface area (Å²) in [7, 11) is 0. The van der Waals surface area contributed by atoms with E-state index in [0.717, 1.165) is 30.6 Å². The Morgan fingerprint density at radius 1 is 1.10 bits per heavy atom. The fourth-order valence-electron chi connectivity index (χ4n) is 5.71. The normalized spacial score (nSPS) is 39.8. The third-order valence-corrected chi connectivity index (χ3v) is 6.39.